The van der Waals surface area contributed by atoms with Crippen LogP contribution >= 0.6 is 0 Å². The quantitative estimate of drug-likeness (QED) is 0.795. The zero-order valence-electron chi connectivity index (χ0n) is 16.9. The molecule has 0 saturated carbocycles. The summed E-state index contributed by atoms with van der Waals surface area (Å²) in [6.45, 7) is 2.54. The molecule has 3 heterocycles. The minimum atomic E-state index is -4.40. The average Bonchev–Trinajstić information content (AvgIpc) is 2.78. The second kappa shape index (κ2) is 8.58. The van der Waals surface area contributed by atoms with Crippen LogP contribution in [0.3, 0.4) is 0 Å². The first kappa shape index (κ1) is 21.2. The lowest BCUT2D eigenvalue weighted by Crippen LogP contribution is -2.51. The Hall–Kier alpha value is -3.08. The van der Waals surface area contributed by atoms with Crippen LogP contribution in [0.4, 0.5) is 23.8 Å². The number of hydrogen-bond acceptors (Lipinski definition) is 6. The molecule has 1 fully saturated rings. The second-order valence-corrected chi connectivity index (χ2v) is 7.32. The number of ether oxygens (including phenoxy) is 2. The third-order valence-corrected chi connectivity index (χ3v) is 5.48. The molecule has 1 unspecified atom stereocenters. The number of methoxy groups -OCH3 is 1. The third-order valence-electron chi connectivity index (χ3n) is 5.48. The molecule has 0 aliphatic carbocycles. The van der Waals surface area contributed by atoms with Gasteiger partial charge >= 0.3 is 12.2 Å². The van der Waals surface area contributed by atoms with E-state index in [2.05, 4.69) is 20.4 Å². The summed E-state index contributed by atoms with van der Waals surface area (Å²) in [6, 6.07) is 6.57. The largest absolute Gasteiger partial charge is 0.493 e. The highest BCUT2D eigenvalue weighted by Crippen LogP contribution is 2.40. The van der Waals surface area contributed by atoms with E-state index in [1.54, 1.807) is 17.0 Å². The van der Waals surface area contributed by atoms with E-state index in [0.717, 1.165) is 17.7 Å². The molecule has 8 nitrogen and oxygen atoms in total. The van der Waals surface area contributed by atoms with Crippen molar-refractivity contribution in [1.82, 2.24) is 20.0 Å². The lowest BCUT2D eigenvalue weighted by atomic mass is 9.96. The van der Waals surface area contributed by atoms with Gasteiger partial charge in [-0.2, -0.15) is 13.2 Å². The zero-order valence-corrected chi connectivity index (χ0v) is 16.9. The Labute approximate surface area is 176 Å². The molecule has 166 valence electrons. The van der Waals surface area contributed by atoms with E-state index in [4.69, 9.17) is 9.47 Å². The Morgan fingerprint density at radius 3 is 2.58 bits per heavy atom. The Kier molecular flexibility index (Phi) is 5.86. The van der Waals surface area contributed by atoms with Gasteiger partial charge in [-0.25, -0.2) is 4.79 Å². The summed E-state index contributed by atoms with van der Waals surface area (Å²) >= 11 is 0. The standard InChI is InChI=1S/C20H22F3N5O3/c1-30-18-5-4-17(25-26-18)24-19(29)28-9-7-27(8-10-28)15-6-11-31-16-12-13(20(21,22)23)2-3-14(15)16/h2-5,12,15H,6-11H2,1H3,(H,24,25,29). The molecule has 0 spiro atoms. The van der Waals surface area contributed by atoms with Gasteiger partial charge in [0.25, 0.3) is 0 Å². The van der Waals surface area contributed by atoms with Gasteiger partial charge in [-0.15, -0.1) is 10.2 Å². The molecule has 1 aromatic heterocycles. The smallest absolute Gasteiger partial charge is 0.416 e. The normalized spacial score (nSPS) is 19.4. The van der Waals surface area contributed by atoms with E-state index in [-0.39, 0.29) is 17.8 Å². The number of alkyl halides is 3. The summed E-state index contributed by atoms with van der Waals surface area (Å²) in [5, 5.41) is 10.4. The van der Waals surface area contributed by atoms with Gasteiger partial charge in [0.2, 0.25) is 5.88 Å². The number of amides is 2. The molecule has 2 aliphatic heterocycles. The van der Waals surface area contributed by atoms with Crippen molar-refractivity contribution in [3.05, 3.63) is 41.5 Å². The van der Waals surface area contributed by atoms with Gasteiger partial charge in [-0.05, 0) is 18.2 Å². The molecule has 0 bridgehead atoms. The Morgan fingerprint density at radius 1 is 1.16 bits per heavy atom. The van der Waals surface area contributed by atoms with Crippen molar-refractivity contribution in [1.29, 1.82) is 0 Å². The molecule has 2 aromatic rings. The number of anilines is 1. The molecule has 1 atom stereocenters. The second-order valence-electron chi connectivity index (χ2n) is 7.32. The highest BCUT2D eigenvalue weighted by Gasteiger charge is 2.35. The van der Waals surface area contributed by atoms with Crippen LogP contribution in [0.2, 0.25) is 0 Å². The molecule has 4 rings (SSSR count). The van der Waals surface area contributed by atoms with Crippen LogP contribution in [0.15, 0.2) is 30.3 Å². The van der Waals surface area contributed by atoms with Gasteiger partial charge in [-0.3, -0.25) is 10.2 Å². The predicted octanol–water partition coefficient (Wildman–Crippen LogP) is 3.18. The van der Waals surface area contributed by atoms with Crippen molar-refractivity contribution >= 4 is 11.8 Å². The summed E-state index contributed by atoms with van der Waals surface area (Å²) in [5.41, 5.74) is 0.0423. The topological polar surface area (TPSA) is 79.8 Å². The van der Waals surface area contributed by atoms with Gasteiger partial charge in [-0.1, -0.05) is 6.07 Å². The number of aromatic nitrogens is 2. The van der Waals surface area contributed by atoms with Crippen LogP contribution < -0.4 is 14.8 Å². The number of rotatable bonds is 3. The van der Waals surface area contributed by atoms with Gasteiger partial charge in [0, 0.05) is 50.3 Å². The van der Waals surface area contributed by atoms with Crippen molar-refractivity contribution in [3.8, 4) is 11.6 Å². The molecular formula is C20H22F3N5O3. The lowest BCUT2D eigenvalue weighted by Gasteiger charge is -2.41. The number of piperazine rings is 1. The number of nitrogens with zero attached hydrogens (tertiary/aromatic N) is 4. The maximum Gasteiger partial charge on any atom is 0.416 e. The molecule has 1 N–H and O–H groups in total. The van der Waals surface area contributed by atoms with E-state index in [9.17, 15) is 18.0 Å². The van der Waals surface area contributed by atoms with Crippen molar-refractivity contribution in [2.45, 2.75) is 18.6 Å². The van der Waals surface area contributed by atoms with Crippen molar-refractivity contribution in [2.75, 3.05) is 45.2 Å². The van der Waals surface area contributed by atoms with Crippen LogP contribution in [0.5, 0.6) is 11.6 Å². The maximum atomic E-state index is 13.0. The van der Waals surface area contributed by atoms with Crippen LogP contribution in [0, 0.1) is 0 Å². The molecule has 1 saturated heterocycles. The molecular weight excluding hydrogens is 415 g/mol. The number of hydrogen-bond donors (Lipinski definition) is 1. The molecule has 1 aromatic carbocycles. The number of carbonyl (C=O) groups is 1. The van der Waals surface area contributed by atoms with Crippen LogP contribution in [-0.4, -0.2) is 65.9 Å². The van der Waals surface area contributed by atoms with E-state index in [0.29, 0.717) is 50.9 Å². The van der Waals surface area contributed by atoms with E-state index < -0.39 is 11.7 Å². The summed E-state index contributed by atoms with van der Waals surface area (Å²) < 4.78 is 49.4. The minimum Gasteiger partial charge on any atom is -0.493 e. The Balaban J connectivity index is 1.37. The number of urea groups is 1. The number of halogens is 3. The third kappa shape index (κ3) is 4.66. The summed E-state index contributed by atoms with van der Waals surface area (Å²) in [7, 11) is 1.48. The Bertz CT molecular complexity index is 931. The fourth-order valence-corrected chi connectivity index (χ4v) is 3.85. The van der Waals surface area contributed by atoms with Gasteiger partial charge in [0.15, 0.2) is 5.82 Å². The highest BCUT2D eigenvalue weighted by molar-refractivity contribution is 5.88. The predicted molar refractivity (Wildman–Crippen MR) is 105 cm³/mol. The van der Waals surface area contributed by atoms with E-state index in [1.807, 2.05) is 0 Å². The highest BCUT2D eigenvalue weighted by atomic mass is 19.4. The molecule has 11 heteroatoms. The van der Waals surface area contributed by atoms with Crippen molar-refractivity contribution in [2.24, 2.45) is 0 Å². The molecule has 2 aliphatic rings. The fourth-order valence-electron chi connectivity index (χ4n) is 3.85. The van der Waals surface area contributed by atoms with E-state index >= 15 is 0 Å². The van der Waals surface area contributed by atoms with Crippen molar-refractivity contribution < 1.29 is 27.4 Å². The number of fused-ring (bicyclic) bond motifs is 1. The first-order valence-electron chi connectivity index (χ1n) is 9.87. The monoisotopic (exact) mass is 437 g/mol. The zero-order chi connectivity index (χ0) is 22.0. The molecule has 31 heavy (non-hydrogen) atoms. The summed E-state index contributed by atoms with van der Waals surface area (Å²) in [6.07, 6.45) is -3.72. The first-order chi connectivity index (χ1) is 14.8. The Morgan fingerprint density at radius 2 is 1.94 bits per heavy atom. The minimum absolute atomic E-state index is 0.0382. The summed E-state index contributed by atoms with van der Waals surface area (Å²) in [4.78, 5) is 16.4. The SMILES string of the molecule is COc1ccc(NC(=O)N2CCN(C3CCOc4cc(C(F)(F)F)ccc43)CC2)nn1. The summed E-state index contributed by atoms with van der Waals surface area (Å²) in [5.74, 6) is 0.960. The number of nitrogens with one attached hydrogen (secondary N) is 1. The number of benzene rings is 1. The fraction of sp³-hybridized carbons (Fsp3) is 0.450. The number of carbonyl (C=O) groups excluding carboxylic acids is 1. The van der Waals surface area contributed by atoms with Gasteiger partial charge < -0.3 is 14.4 Å². The molecule has 0 radical (unpaired) electrons. The van der Waals surface area contributed by atoms with Gasteiger partial charge in [0.1, 0.15) is 5.75 Å². The van der Waals surface area contributed by atoms with Crippen LogP contribution in [0.25, 0.3) is 0 Å². The van der Waals surface area contributed by atoms with Crippen LogP contribution in [0.1, 0.15) is 23.6 Å². The molecule has 2 amide bonds. The lowest BCUT2D eigenvalue weighted by molar-refractivity contribution is -0.137. The first-order valence-corrected chi connectivity index (χ1v) is 9.87. The average molecular weight is 437 g/mol. The van der Waals surface area contributed by atoms with Crippen LogP contribution in [-0.2, 0) is 6.18 Å². The van der Waals surface area contributed by atoms with Crippen molar-refractivity contribution in [3.63, 3.8) is 0 Å². The van der Waals surface area contributed by atoms with Gasteiger partial charge in [0.05, 0.1) is 19.3 Å². The van der Waals surface area contributed by atoms with E-state index in [1.165, 1.54) is 13.2 Å². The maximum absolute atomic E-state index is 13.0.